The van der Waals surface area contributed by atoms with E-state index < -0.39 is 0 Å². The second kappa shape index (κ2) is 2.20. The first kappa shape index (κ1) is 6.61. The topological polar surface area (TPSA) is 42.8 Å². The normalized spacial score (nSPS) is 10.7. The molecule has 0 fully saturated rings. The van der Waals surface area contributed by atoms with E-state index in [0.29, 0.717) is 5.15 Å². The van der Waals surface area contributed by atoms with Crippen LogP contribution in [0.1, 0.15) is 5.82 Å². The van der Waals surface area contributed by atoms with Gasteiger partial charge in [-0.05, 0) is 16.6 Å². The lowest BCUT2D eigenvalue weighted by atomic mass is 10.4. The van der Waals surface area contributed by atoms with Crippen LogP contribution in [0.3, 0.4) is 0 Å². The molecule has 0 aliphatic rings. The fourth-order valence-corrected chi connectivity index (χ4v) is 1.35. The van der Waals surface area contributed by atoms with Crippen molar-refractivity contribution in [3.8, 4) is 0 Å². The maximum absolute atomic E-state index is 5.84. The van der Waals surface area contributed by atoms with Crippen molar-refractivity contribution in [3.05, 3.63) is 23.2 Å². The van der Waals surface area contributed by atoms with Crippen LogP contribution >= 0.6 is 11.6 Å². The van der Waals surface area contributed by atoms with Gasteiger partial charge in [0.2, 0.25) is 0 Å². The highest BCUT2D eigenvalue weighted by Crippen LogP contribution is 2.14. The van der Waals surface area contributed by atoms with Crippen LogP contribution in [0.25, 0.3) is 11.0 Å². The van der Waals surface area contributed by atoms with E-state index in [0.717, 1.165) is 16.9 Å². The summed E-state index contributed by atoms with van der Waals surface area (Å²) in [5.74, 6) is 0.821. The second-order valence-electron chi connectivity index (χ2n) is 2.38. The van der Waals surface area contributed by atoms with E-state index >= 15 is 0 Å². The van der Waals surface area contributed by atoms with Crippen molar-refractivity contribution in [3.63, 3.8) is 0 Å². The molecule has 2 heterocycles. The summed E-state index contributed by atoms with van der Waals surface area (Å²) in [6, 6.07) is 1.93. The van der Waals surface area contributed by atoms with Crippen LogP contribution in [0.2, 0.25) is 5.15 Å². The van der Waals surface area contributed by atoms with Crippen molar-refractivity contribution >= 4 is 22.6 Å². The Hall–Kier alpha value is -1.09. The van der Waals surface area contributed by atoms with Gasteiger partial charge in [-0.2, -0.15) is 0 Å². The number of fused-ring (bicyclic) bond motifs is 1. The number of nitrogens with one attached hydrogen (secondary N) is 2. The number of rotatable bonds is 0. The van der Waals surface area contributed by atoms with Gasteiger partial charge in [-0.3, -0.25) is 0 Å². The van der Waals surface area contributed by atoms with Crippen LogP contribution < -0.4 is 4.98 Å². The van der Waals surface area contributed by atoms with Gasteiger partial charge >= 0.3 is 0 Å². The minimum Gasteiger partial charge on any atom is -0.354 e. The maximum atomic E-state index is 5.84. The van der Waals surface area contributed by atoms with Gasteiger partial charge in [-0.15, -0.1) is 0 Å². The summed E-state index contributed by atoms with van der Waals surface area (Å²) in [4.78, 5) is 10.1. The highest BCUT2D eigenvalue weighted by molar-refractivity contribution is 6.33. The molecule has 0 amide bonds. The number of H-pyrrole nitrogens is 2. The highest BCUT2D eigenvalue weighted by Gasteiger charge is 2.10. The molecule has 56 valence electrons. The third kappa shape index (κ3) is 0.973. The van der Waals surface area contributed by atoms with Gasteiger partial charge in [0.25, 0.3) is 11.0 Å². The van der Waals surface area contributed by atoms with E-state index in [2.05, 4.69) is 15.0 Å². The summed E-state index contributed by atoms with van der Waals surface area (Å²) >= 11 is 5.84. The number of nitrogens with zero attached hydrogens (tertiary/aromatic N) is 1. The van der Waals surface area contributed by atoms with Crippen LogP contribution in [-0.4, -0.2) is 9.97 Å². The van der Waals surface area contributed by atoms with Crippen molar-refractivity contribution in [2.45, 2.75) is 6.92 Å². The Labute approximate surface area is 68.4 Å². The van der Waals surface area contributed by atoms with E-state index in [1.165, 1.54) is 0 Å². The Morgan fingerprint density at radius 1 is 1.64 bits per heavy atom. The molecule has 0 saturated heterocycles. The largest absolute Gasteiger partial charge is 0.354 e. The van der Waals surface area contributed by atoms with Crippen molar-refractivity contribution in [1.29, 1.82) is 0 Å². The summed E-state index contributed by atoms with van der Waals surface area (Å²) in [7, 11) is 0. The Morgan fingerprint density at radius 2 is 2.45 bits per heavy atom. The molecule has 0 unspecified atom stereocenters. The van der Waals surface area contributed by atoms with Gasteiger partial charge in [0, 0.05) is 19.2 Å². The molecule has 0 aliphatic carbocycles. The molecule has 3 nitrogen and oxygen atoms in total. The third-order valence-corrected chi connectivity index (χ3v) is 1.81. The summed E-state index contributed by atoms with van der Waals surface area (Å²) in [5, 5.41) is 0.515. The summed E-state index contributed by atoms with van der Waals surface area (Å²) < 4.78 is 0. The van der Waals surface area contributed by atoms with Gasteiger partial charge < -0.3 is 4.98 Å². The first-order valence-electron chi connectivity index (χ1n) is 3.30. The SMILES string of the molecule is Cc1nc(Cl)c2[nH]ccc2[nH+]1. The first-order valence-corrected chi connectivity index (χ1v) is 3.67. The van der Waals surface area contributed by atoms with Gasteiger partial charge in [-0.1, -0.05) is 0 Å². The molecule has 0 spiro atoms. The average molecular weight is 169 g/mol. The number of hydrogen-bond donors (Lipinski definition) is 1. The quantitative estimate of drug-likeness (QED) is 0.593. The predicted octanol–water partition coefficient (Wildman–Crippen LogP) is 1.34. The van der Waals surface area contributed by atoms with Crippen LogP contribution in [0.5, 0.6) is 0 Å². The van der Waals surface area contributed by atoms with Gasteiger partial charge in [0.1, 0.15) is 5.52 Å². The number of aryl methyl sites for hydroxylation is 1. The zero-order valence-electron chi connectivity index (χ0n) is 5.98. The van der Waals surface area contributed by atoms with E-state index in [9.17, 15) is 0 Å². The smallest absolute Gasteiger partial charge is 0.295 e. The second-order valence-corrected chi connectivity index (χ2v) is 2.74. The average Bonchev–Trinajstić information content (AvgIpc) is 2.34. The maximum Gasteiger partial charge on any atom is 0.295 e. The van der Waals surface area contributed by atoms with E-state index in [1.807, 2.05) is 19.2 Å². The molecular weight excluding hydrogens is 162 g/mol. The fraction of sp³-hybridized carbons (Fsp3) is 0.143. The lowest BCUT2D eigenvalue weighted by Gasteiger charge is -1.85. The molecule has 2 N–H and O–H groups in total. The van der Waals surface area contributed by atoms with Crippen LogP contribution in [-0.2, 0) is 0 Å². The molecule has 4 heteroatoms. The summed E-state index contributed by atoms with van der Waals surface area (Å²) in [6.45, 7) is 1.87. The molecular formula is C7H7ClN3+. The number of hydrogen-bond acceptors (Lipinski definition) is 1. The van der Waals surface area contributed by atoms with Crippen molar-refractivity contribution < 1.29 is 4.98 Å². The zero-order chi connectivity index (χ0) is 7.84. The van der Waals surface area contributed by atoms with Crippen LogP contribution in [0, 0.1) is 6.92 Å². The van der Waals surface area contributed by atoms with Gasteiger partial charge in [-0.25, -0.2) is 4.98 Å². The molecule has 0 aliphatic heterocycles. The van der Waals surface area contributed by atoms with Crippen molar-refractivity contribution in [2.75, 3.05) is 0 Å². The standard InChI is InChI=1S/C7H6ClN3/c1-4-10-5-2-3-9-6(5)7(8)11-4/h2-3,9H,1H3/p+1. The minimum atomic E-state index is 0.515. The number of halogens is 1. The van der Waals surface area contributed by atoms with Crippen molar-refractivity contribution in [2.24, 2.45) is 0 Å². The Morgan fingerprint density at radius 3 is 3.27 bits per heavy atom. The molecule has 0 radical (unpaired) electrons. The van der Waals surface area contributed by atoms with Crippen LogP contribution in [0.4, 0.5) is 0 Å². The fourth-order valence-electron chi connectivity index (χ4n) is 1.07. The minimum absolute atomic E-state index is 0.515. The monoisotopic (exact) mass is 168 g/mol. The number of aromatic amines is 2. The Bertz CT molecular complexity index is 393. The molecule has 2 aromatic rings. The molecule has 0 atom stereocenters. The Balaban J connectivity index is 2.91. The predicted molar refractivity (Wildman–Crippen MR) is 42.4 cm³/mol. The van der Waals surface area contributed by atoms with E-state index in [4.69, 9.17) is 11.6 Å². The van der Waals surface area contributed by atoms with Gasteiger partial charge in [0.05, 0.1) is 0 Å². The first-order chi connectivity index (χ1) is 5.27. The number of aromatic nitrogens is 3. The van der Waals surface area contributed by atoms with Crippen LogP contribution in [0.15, 0.2) is 12.3 Å². The molecule has 0 aromatic carbocycles. The molecule has 11 heavy (non-hydrogen) atoms. The summed E-state index contributed by atoms with van der Waals surface area (Å²) in [6.07, 6.45) is 1.83. The lowest BCUT2D eigenvalue weighted by molar-refractivity contribution is -0.360. The zero-order valence-corrected chi connectivity index (χ0v) is 6.74. The molecule has 2 aromatic heterocycles. The Kier molecular flexibility index (Phi) is 1.32. The highest BCUT2D eigenvalue weighted by atomic mass is 35.5. The lowest BCUT2D eigenvalue weighted by Crippen LogP contribution is -2.10. The molecule has 2 rings (SSSR count). The van der Waals surface area contributed by atoms with E-state index in [1.54, 1.807) is 0 Å². The third-order valence-electron chi connectivity index (χ3n) is 1.53. The molecule has 0 bridgehead atoms. The molecule has 0 saturated carbocycles. The summed E-state index contributed by atoms with van der Waals surface area (Å²) in [5.41, 5.74) is 1.85. The van der Waals surface area contributed by atoms with E-state index in [-0.39, 0.29) is 0 Å². The van der Waals surface area contributed by atoms with Gasteiger partial charge in [0.15, 0.2) is 5.52 Å². The van der Waals surface area contributed by atoms with Crippen molar-refractivity contribution in [1.82, 2.24) is 9.97 Å².